The molecule has 1 saturated heterocycles. The number of carbonyl (C=O) groups excluding carboxylic acids is 1. The molecule has 1 atom stereocenters. The van der Waals surface area contributed by atoms with Gasteiger partial charge >= 0.3 is 0 Å². The average Bonchev–Trinajstić information content (AvgIpc) is 2.73. The van der Waals surface area contributed by atoms with Crippen LogP contribution in [0.25, 0.3) is 0 Å². The molecule has 6 nitrogen and oxygen atoms in total. The van der Waals surface area contributed by atoms with Crippen LogP contribution < -0.4 is 0 Å². The van der Waals surface area contributed by atoms with Gasteiger partial charge in [-0.05, 0) is 25.7 Å². The summed E-state index contributed by atoms with van der Waals surface area (Å²) in [6.45, 7) is 4.07. The smallest absolute Gasteiger partial charge is 0.237 e. The second-order valence-corrected chi connectivity index (χ2v) is 7.69. The molecular formula is C13H21N3O3S. The van der Waals surface area contributed by atoms with Crippen molar-refractivity contribution in [3.05, 3.63) is 18.2 Å². The lowest BCUT2D eigenvalue weighted by Gasteiger charge is -2.33. The van der Waals surface area contributed by atoms with E-state index in [1.54, 1.807) is 11.1 Å². The molecule has 1 aliphatic rings. The quantitative estimate of drug-likeness (QED) is 0.810. The number of likely N-dealkylation sites (tertiary alicyclic amines) is 1. The Labute approximate surface area is 119 Å². The van der Waals surface area contributed by atoms with Crippen LogP contribution >= 0.6 is 0 Å². The Kier molecular flexibility index (Phi) is 4.47. The van der Waals surface area contributed by atoms with E-state index < -0.39 is 9.84 Å². The minimum atomic E-state index is -3.25. The molecule has 1 amide bonds. The summed E-state index contributed by atoms with van der Waals surface area (Å²) in [5.74, 6) is 0.661. The van der Waals surface area contributed by atoms with E-state index in [0.29, 0.717) is 19.0 Å². The van der Waals surface area contributed by atoms with E-state index in [4.69, 9.17) is 0 Å². The molecule has 0 saturated carbocycles. The number of aryl methyl sites for hydroxylation is 1. The summed E-state index contributed by atoms with van der Waals surface area (Å²) in [6, 6.07) is 0. The Hall–Kier alpha value is -1.37. The summed E-state index contributed by atoms with van der Waals surface area (Å²) < 4.78 is 24.5. The second-order valence-electron chi connectivity index (χ2n) is 5.54. The molecule has 1 aliphatic heterocycles. The van der Waals surface area contributed by atoms with E-state index in [1.807, 2.05) is 13.1 Å². The van der Waals surface area contributed by atoms with Crippen LogP contribution in [0, 0.1) is 12.8 Å². The number of imidazole rings is 1. The molecule has 0 radical (unpaired) electrons. The van der Waals surface area contributed by atoms with Crippen LogP contribution in [-0.4, -0.2) is 53.9 Å². The fraction of sp³-hybridized carbons (Fsp3) is 0.692. The number of nitrogens with zero attached hydrogens (tertiary/aromatic N) is 3. The lowest BCUT2D eigenvalue weighted by atomic mass is 9.98. The first-order valence-corrected chi connectivity index (χ1v) is 8.84. The van der Waals surface area contributed by atoms with Crippen molar-refractivity contribution < 1.29 is 13.2 Å². The third kappa shape index (κ3) is 4.06. The van der Waals surface area contributed by atoms with Crippen LogP contribution in [0.15, 0.2) is 12.4 Å². The van der Waals surface area contributed by atoms with Gasteiger partial charge in [0.1, 0.15) is 11.6 Å². The van der Waals surface area contributed by atoms with E-state index in [0.717, 1.165) is 31.5 Å². The van der Waals surface area contributed by atoms with Crippen molar-refractivity contribution in [2.24, 2.45) is 5.92 Å². The largest absolute Gasteiger partial charge is 0.341 e. The number of aromatic nitrogens is 2. The lowest BCUT2D eigenvalue weighted by molar-refractivity contribution is -0.130. The van der Waals surface area contributed by atoms with Crippen molar-refractivity contribution in [2.45, 2.75) is 26.3 Å². The third-order valence-electron chi connectivity index (χ3n) is 3.64. The molecule has 112 valence electrons. The summed E-state index contributed by atoms with van der Waals surface area (Å²) in [7, 11) is -3.25. The third-order valence-corrected chi connectivity index (χ3v) is 4.41. The summed E-state index contributed by atoms with van der Waals surface area (Å²) in [5, 5.41) is 0. The number of rotatable bonds is 4. The van der Waals surface area contributed by atoms with E-state index in [2.05, 4.69) is 9.55 Å². The van der Waals surface area contributed by atoms with Crippen LogP contribution in [-0.2, 0) is 21.2 Å². The van der Waals surface area contributed by atoms with Gasteiger partial charge in [0.05, 0.1) is 0 Å². The highest BCUT2D eigenvalue weighted by Crippen LogP contribution is 2.19. The molecule has 20 heavy (non-hydrogen) atoms. The Morgan fingerprint density at radius 3 is 2.85 bits per heavy atom. The van der Waals surface area contributed by atoms with Crippen LogP contribution in [0.5, 0.6) is 0 Å². The predicted molar refractivity (Wildman–Crippen MR) is 76.0 cm³/mol. The van der Waals surface area contributed by atoms with Gasteiger partial charge in [0.15, 0.2) is 9.84 Å². The molecule has 1 aromatic heterocycles. The first-order valence-electron chi connectivity index (χ1n) is 6.78. The number of amides is 1. The van der Waals surface area contributed by atoms with Crippen molar-refractivity contribution in [2.75, 3.05) is 25.1 Å². The highest BCUT2D eigenvalue weighted by atomic mass is 32.2. The first-order chi connectivity index (χ1) is 9.35. The minimum absolute atomic E-state index is 0.278. The minimum Gasteiger partial charge on any atom is -0.341 e. The SMILES string of the molecule is Cc1nccn1CC1CCCN(C(=O)CS(C)(=O)=O)C1. The number of hydrogen-bond acceptors (Lipinski definition) is 4. The molecule has 2 heterocycles. The van der Waals surface area contributed by atoms with Gasteiger partial charge in [0.2, 0.25) is 5.91 Å². The van der Waals surface area contributed by atoms with Gasteiger partial charge in [-0.25, -0.2) is 13.4 Å². The number of sulfone groups is 1. The summed E-state index contributed by atoms with van der Waals surface area (Å²) in [6.07, 6.45) is 6.78. The Balaban J connectivity index is 1.95. The molecule has 0 bridgehead atoms. The molecule has 0 spiro atoms. The maximum atomic E-state index is 12.0. The van der Waals surface area contributed by atoms with Gasteiger partial charge in [0, 0.05) is 38.3 Å². The molecule has 1 unspecified atom stereocenters. The van der Waals surface area contributed by atoms with Crippen molar-refractivity contribution in [3.8, 4) is 0 Å². The fourth-order valence-electron chi connectivity index (χ4n) is 2.63. The van der Waals surface area contributed by atoms with Gasteiger partial charge in [-0.3, -0.25) is 4.79 Å². The Morgan fingerprint density at radius 1 is 1.50 bits per heavy atom. The van der Waals surface area contributed by atoms with E-state index in [-0.39, 0.29) is 11.7 Å². The standard InChI is InChI=1S/C13H21N3O3S/c1-11-14-5-7-15(11)8-12-4-3-6-16(9-12)13(17)10-20(2,18)19/h5,7,12H,3-4,6,8-10H2,1-2H3. The van der Waals surface area contributed by atoms with Crippen molar-refractivity contribution in [1.82, 2.24) is 14.5 Å². The zero-order chi connectivity index (χ0) is 14.8. The lowest BCUT2D eigenvalue weighted by Crippen LogP contribution is -2.43. The maximum Gasteiger partial charge on any atom is 0.237 e. The predicted octanol–water partition coefficient (Wildman–Crippen LogP) is 0.475. The highest BCUT2D eigenvalue weighted by molar-refractivity contribution is 7.91. The van der Waals surface area contributed by atoms with Crippen LogP contribution in [0.3, 0.4) is 0 Å². The average molecular weight is 299 g/mol. The topological polar surface area (TPSA) is 72.3 Å². The Bertz CT molecular complexity index is 579. The number of piperidine rings is 1. The highest BCUT2D eigenvalue weighted by Gasteiger charge is 2.25. The summed E-state index contributed by atoms with van der Waals surface area (Å²) >= 11 is 0. The zero-order valence-electron chi connectivity index (χ0n) is 11.9. The number of hydrogen-bond donors (Lipinski definition) is 0. The monoisotopic (exact) mass is 299 g/mol. The van der Waals surface area contributed by atoms with Crippen LogP contribution in [0.4, 0.5) is 0 Å². The molecule has 1 aromatic rings. The molecule has 0 aromatic carbocycles. The van der Waals surface area contributed by atoms with Gasteiger partial charge in [0.25, 0.3) is 0 Å². The van der Waals surface area contributed by atoms with Crippen LogP contribution in [0.2, 0.25) is 0 Å². The van der Waals surface area contributed by atoms with Gasteiger partial charge in [-0.2, -0.15) is 0 Å². The fourth-order valence-corrected chi connectivity index (χ4v) is 3.26. The molecule has 2 rings (SSSR count). The first kappa shape index (κ1) is 15.0. The molecule has 0 aliphatic carbocycles. The van der Waals surface area contributed by atoms with Crippen molar-refractivity contribution in [3.63, 3.8) is 0 Å². The maximum absolute atomic E-state index is 12.0. The second kappa shape index (κ2) is 5.95. The van der Waals surface area contributed by atoms with E-state index in [9.17, 15) is 13.2 Å². The number of carbonyl (C=O) groups is 1. The normalized spacial score (nSPS) is 20.1. The summed E-state index contributed by atoms with van der Waals surface area (Å²) in [5.41, 5.74) is 0. The van der Waals surface area contributed by atoms with Crippen molar-refractivity contribution in [1.29, 1.82) is 0 Å². The molecule has 1 fully saturated rings. The zero-order valence-corrected chi connectivity index (χ0v) is 12.8. The van der Waals surface area contributed by atoms with Gasteiger partial charge in [-0.1, -0.05) is 0 Å². The molecule has 7 heteroatoms. The van der Waals surface area contributed by atoms with Gasteiger partial charge in [-0.15, -0.1) is 0 Å². The van der Waals surface area contributed by atoms with Crippen LogP contribution in [0.1, 0.15) is 18.7 Å². The van der Waals surface area contributed by atoms with E-state index >= 15 is 0 Å². The summed E-state index contributed by atoms with van der Waals surface area (Å²) in [4.78, 5) is 17.8. The molecule has 0 N–H and O–H groups in total. The van der Waals surface area contributed by atoms with E-state index in [1.165, 1.54) is 0 Å². The Morgan fingerprint density at radius 2 is 2.25 bits per heavy atom. The van der Waals surface area contributed by atoms with Crippen molar-refractivity contribution >= 4 is 15.7 Å². The molecular weight excluding hydrogens is 278 g/mol. The van der Waals surface area contributed by atoms with Gasteiger partial charge < -0.3 is 9.47 Å².